The number of imidazole rings is 1. The zero-order chi connectivity index (χ0) is 38.7. The van der Waals surface area contributed by atoms with Crippen molar-refractivity contribution in [3.05, 3.63) is 75.6 Å². The lowest BCUT2D eigenvalue weighted by molar-refractivity contribution is -0.895. The Morgan fingerprint density at radius 1 is 0.944 bits per heavy atom. The van der Waals surface area contributed by atoms with Gasteiger partial charge in [-0.1, -0.05) is 22.9 Å². The van der Waals surface area contributed by atoms with Crippen LogP contribution in [0.2, 0.25) is 5.02 Å². The molecule has 0 bridgehead atoms. The second-order valence-electron chi connectivity index (χ2n) is 14.2. The fourth-order valence-corrected chi connectivity index (χ4v) is 7.74. The Bertz CT molecular complexity index is 2070. The quantitative estimate of drug-likeness (QED) is 0.184. The Hall–Kier alpha value is -4.93. The molecular weight excluding hydrogens is 742 g/mol. The molecule has 4 heterocycles. The minimum Gasteiger partial charge on any atom is -0.494 e. The van der Waals surface area contributed by atoms with Crippen LogP contribution in [0.25, 0.3) is 11.3 Å². The number of hydrogen-bond donors (Lipinski definition) is 3. The summed E-state index contributed by atoms with van der Waals surface area (Å²) in [6.45, 7) is 2.94. The number of quaternary nitrogens is 1. The average Bonchev–Trinajstić information content (AvgIpc) is 3.77. The van der Waals surface area contributed by atoms with Crippen LogP contribution < -0.4 is 20.7 Å². The number of benzene rings is 2. The lowest BCUT2D eigenvalue weighted by atomic mass is 9.95. The highest BCUT2D eigenvalue weighted by atomic mass is 35.5. The van der Waals surface area contributed by atoms with Crippen LogP contribution in [0.1, 0.15) is 51.5 Å². The molecule has 17 heteroatoms. The highest BCUT2D eigenvalue weighted by molar-refractivity contribution is 7.15. The molecule has 2 saturated heterocycles. The molecule has 0 atom stereocenters. The Morgan fingerprint density at radius 2 is 1.65 bits per heavy atom. The lowest BCUT2D eigenvalue weighted by Crippen LogP contribution is -2.48. The summed E-state index contributed by atoms with van der Waals surface area (Å²) in [6, 6.07) is 7.11. The van der Waals surface area contributed by atoms with Crippen molar-refractivity contribution in [2.24, 2.45) is 18.9 Å². The molecule has 2 aromatic carbocycles. The van der Waals surface area contributed by atoms with Gasteiger partial charge in [0.05, 0.1) is 63.3 Å². The number of ether oxygens (including phenoxy) is 1. The zero-order valence-corrected chi connectivity index (χ0v) is 32.0. The van der Waals surface area contributed by atoms with Gasteiger partial charge in [-0.05, 0) is 43.2 Å². The molecule has 2 fully saturated rings. The summed E-state index contributed by atoms with van der Waals surface area (Å²) in [5, 5.41) is 9.21. The Kier molecular flexibility index (Phi) is 11.6. The summed E-state index contributed by atoms with van der Waals surface area (Å²) in [4.78, 5) is 63.1. The van der Waals surface area contributed by atoms with Gasteiger partial charge in [-0.15, -0.1) is 0 Å². The van der Waals surface area contributed by atoms with Crippen molar-refractivity contribution in [3.8, 4) is 17.0 Å². The lowest BCUT2D eigenvalue weighted by Gasteiger charge is -2.36. The van der Waals surface area contributed by atoms with E-state index in [0.29, 0.717) is 43.3 Å². The average molecular weight is 784 g/mol. The van der Waals surface area contributed by atoms with E-state index in [-0.39, 0.29) is 63.0 Å². The zero-order valence-electron chi connectivity index (χ0n) is 30.4. The molecule has 2 aliphatic rings. The summed E-state index contributed by atoms with van der Waals surface area (Å²) in [7, 11) is 7.07. The van der Waals surface area contributed by atoms with Crippen molar-refractivity contribution in [1.29, 1.82) is 0 Å². The van der Waals surface area contributed by atoms with Crippen molar-refractivity contribution < 1.29 is 37.2 Å². The number of methoxy groups -OCH3 is 1. The van der Waals surface area contributed by atoms with Gasteiger partial charge in [0, 0.05) is 67.1 Å². The molecule has 0 aliphatic carbocycles. The van der Waals surface area contributed by atoms with Crippen LogP contribution in [0.3, 0.4) is 0 Å². The molecule has 0 spiro atoms. The van der Waals surface area contributed by atoms with E-state index in [4.69, 9.17) is 16.3 Å². The van der Waals surface area contributed by atoms with Crippen molar-refractivity contribution in [1.82, 2.24) is 24.8 Å². The van der Waals surface area contributed by atoms with E-state index < -0.39 is 17.5 Å². The predicted octanol–water partition coefficient (Wildman–Crippen LogP) is 5.33. The first-order valence-electron chi connectivity index (χ1n) is 17.5. The second-order valence-corrected chi connectivity index (χ2v) is 15.7. The Morgan fingerprint density at radius 3 is 2.33 bits per heavy atom. The molecule has 13 nitrogen and oxygen atoms in total. The maximum Gasteiger partial charge on any atom is 0.291 e. The molecule has 0 radical (unpaired) electrons. The van der Waals surface area contributed by atoms with Crippen LogP contribution in [0, 0.1) is 23.5 Å². The third kappa shape index (κ3) is 8.55. The molecule has 2 aliphatic heterocycles. The van der Waals surface area contributed by atoms with Crippen molar-refractivity contribution >= 4 is 57.4 Å². The molecule has 3 N–H and O–H groups in total. The number of piperidine rings is 2. The SMILES string of the molecule is COc1ccc(-c2cnc(C(=O)Nc3ccc(C(=O)N4CCC(C(=O)NCc5cnc(NC(=O)C6CC[N+](C)(C)CC6)s5)CC4)c(Cl)c3)n2C)c(F)c1F. The normalized spacial score (nSPS) is 16.2. The smallest absolute Gasteiger partial charge is 0.291 e. The first-order valence-corrected chi connectivity index (χ1v) is 18.7. The van der Waals surface area contributed by atoms with E-state index in [9.17, 15) is 28.0 Å². The van der Waals surface area contributed by atoms with E-state index in [1.165, 1.54) is 66.6 Å². The third-order valence-corrected chi connectivity index (χ3v) is 11.3. The fraction of sp³-hybridized carbons (Fsp3) is 0.405. The maximum absolute atomic E-state index is 14.7. The van der Waals surface area contributed by atoms with Gasteiger partial charge in [-0.2, -0.15) is 4.39 Å². The topological polar surface area (TPSA) is 148 Å². The van der Waals surface area contributed by atoms with E-state index in [1.54, 1.807) is 11.1 Å². The number of nitrogens with zero attached hydrogens (tertiary/aromatic N) is 5. The predicted molar refractivity (Wildman–Crippen MR) is 200 cm³/mol. The first kappa shape index (κ1) is 38.8. The van der Waals surface area contributed by atoms with E-state index >= 15 is 0 Å². The molecule has 4 aromatic rings. The van der Waals surface area contributed by atoms with Gasteiger partial charge in [-0.3, -0.25) is 19.2 Å². The number of amides is 4. The number of aromatic nitrogens is 3. The highest BCUT2D eigenvalue weighted by Crippen LogP contribution is 2.31. The van der Waals surface area contributed by atoms with Crippen LogP contribution in [0.5, 0.6) is 5.75 Å². The molecule has 2 aromatic heterocycles. The number of thiazole rings is 1. The number of hydrogen-bond acceptors (Lipinski definition) is 8. The largest absolute Gasteiger partial charge is 0.494 e. The fourth-order valence-electron chi connectivity index (χ4n) is 6.73. The van der Waals surface area contributed by atoms with E-state index in [2.05, 4.69) is 40.0 Å². The number of carbonyl (C=O) groups excluding carboxylic acids is 4. The Labute approximate surface area is 320 Å². The van der Waals surface area contributed by atoms with E-state index in [0.717, 1.165) is 35.3 Å². The van der Waals surface area contributed by atoms with Crippen molar-refractivity contribution in [3.63, 3.8) is 0 Å². The van der Waals surface area contributed by atoms with Gasteiger partial charge in [0.15, 0.2) is 22.5 Å². The van der Waals surface area contributed by atoms with Gasteiger partial charge in [0.2, 0.25) is 17.6 Å². The highest BCUT2D eigenvalue weighted by Gasteiger charge is 2.32. The van der Waals surface area contributed by atoms with Gasteiger partial charge in [0.25, 0.3) is 11.8 Å². The van der Waals surface area contributed by atoms with Gasteiger partial charge < -0.3 is 34.6 Å². The summed E-state index contributed by atoms with van der Waals surface area (Å²) < 4.78 is 36.1. The summed E-state index contributed by atoms with van der Waals surface area (Å²) in [5.74, 6) is -3.93. The van der Waals surface area contributed by atoms with Crippen molar-refractivity contribution in [2.45, 2.75) is 32.2 Å². The van der Waals surface area contributed by atoms with Crippen molar-refractivity contribution in [2.75, 3.05) is 58.0 Å². The van der Waals surface area contributed by atoms with Crippen LogP contribution in [-0.4, -0.2) is 94.9 Å². The molecule has 0 saturated carbocycles. The molecule has 4 amide bonds. The summed E-state index contributed by atoms with van der Waals surface area (Å²) in [5.41, 5.74) is 0.622. The number of carbonyl (C=O) groups is 4. The number of halogens is 3. The monoisotopic (exact) mass is 783 g/mol. The molecular formula is C37H42ClF2N8O5S+. The maximum atomic E-state index is 14.7. The third-order valence-electron chi connectivity index (χ3n) is 10.1. The van der Waals surface area contributed by atoms with Gasteiger partial charge >= 0.3 is 0 Å². The summed E-state index contributed by atoms with van der Waals surface area (Å²) in [6.07, 6.45) is 5.56. The molecule has 286 valence electrons. The van der Waals surface area contributed by atoms with Crippen LogP contribution in [0.4, 0.5) is 19.6 Å². The van der Waals surface area contributed by atoms with Gasteiger partial charge in [0.1, 0.15) is 0 Å². The van der Waals surface area contributed by atoms with Crippen LogP contribution in [0.15, 0.2) is 42.7 Å². The molecule has 54 heavy (non-hydrogen) atoms. The second kappa shape index (κ2) is 16.2. The first-order chi connectivity index (χ1) is 25.7. The molecule has 0 unspecified atom stereocenters. The van der Waals surface area contributed by atoms with Crippen LogP contribution in [-0.2, 0) is 23.2 Å². The molecule has 6 rings (SSSR count). The summed E-state index contributed by atoms with van der Waals surface area (Å²) >= 11 is 7.84. The number of likely N-dealkylation sites (tertiary alicyclic amines) is 2. The van der Waals surface area contributed by atoms with Gasteiger partial charge in [-0.25, -0.2) is 14.4 Å². The number of nitrogens with one attached hydrogen (secondary N) is 3. The number of anilines is 2. The Balaban J connectivity index is 0.972. The van der Waals surface area contributed by atoms with Crippen LogP contribution >= 0.6 is 22.9 Å². The number of rotatable bonds is 10. The van der Waals surface area contributed by atoms with E-state index in [1.807, 2.05) is 0 Å². The minimum absolute atomic E-state index is 0.00853. The minimum atomic E-state index is -1.15. The standard InChI is InChI=1S/C37H41ClF2N8O5S/c1-46-28(26-7-8-29(53-4)31(40)30(26)39)20-41-32(46)35(51)44-23-5-6-25(27(38)17-23)36(52)47-13-9-21(10-14-47)33(49)42-18-24-19-43-37(54-24)45-34(50)22-11-15-48(2,3)16-12-22/h5-8,17,19-22H,9-16,18H2,1-4H3,(H2-,42,43,44,45,49,50,51,52)/p+1.